The Morgan fingerprint density at radius 1 is 0.800 bits per heavy atom. The molecule has 0 saturated heterocycles. The maximum absolute atomic E-state index is 10.1. The van der Waals surface area contributed by atoms with Crippen LogP contribution < -0.4 is 138 Å². The van der Waals surface area contributed by atoms with Crippen molar-refractivity contribution in [3.8, 4) is 0 Å². The molecule has 0 aromatic heterocycles. The van der Waals surface area contributed by atoms with Crippen LogP contribution in [0.5, 0.6) is 0 Å². The normalized spacial score (nSPS) is 7.05. The van der Waals surface area contributed by atoms with Gasteiger partial charge in [-0.25, -0.2) is 0 Å². The minimum absolute atomic E-state index is 0. The summed E-state index contributed by atoms with van der Waals surface area (Å²) >= 11 is 0. The van der Waals surface area contributed by atoms with Crippen LogP contribution in [0.2, 0.25) is 0 Å². The van der Waals surface area contributed by atoms with Crippen LogP contribution in [0.4, 0.5) is 0 Å². The zero-order chi connectivity index (χ0) is 10.6. The number of aliphatic hydroxyl groups is 1. The van der Waals surface area contributed by atoms with E-state index in [0.29, 0.717) is 0 Å². The number of rotatable bonds is 5. The molecular formula is C6H9FNa4O9. The molecule has 5 N–H and O–H groups in total. The predicted octanol–water partition coefficient (Wildman–Crippen LogP) is -21.9. The van der Waals surface area contributed by atoms with Crippen LogP contribution in [0.25, 0.3) is 0 Å². The first kappa shape index (κ1) is 49.5. The van der Waals surface area contributed by atoms with Gasteiger partial charge in [-0.15, -0.1) is 0 Å². The molecule has 20 heavy (non-hydrogen) atoms. The van der Waals surface area contributed by atoms with E-state index in [1.165, 1.54) is 0 Å². The van der Waals surface area contributed by atoms with Gasteiger partial charge in [0.2, 0.25) is 0 Å². The molecule has 0 aliphatic heterocycles. The van der Waals surface area contributed by atoms with E-state index >= 15 is 0 Å². The van der Waals surface area contributed by atoms with E-state index in [9.17, 15) is 29.7 Å². The molecule has 0 rings (SSSR count). The summed E-state index contributed by atoms with van der Waals surface area (Å²) in [5, 5.41) is 38.9. The van der Waals surface area contributed by atoms with Gasteiger partial charge < -0.3 is 50.5 Å². The smallest absolute Gasteiger partial charge is 1.00 e. The van der Waals surface area contributed by atoms with Gasteiger partial charge in [0.15, 0.2) is 0 Å². The Labute approximate surface area is 202 Å². The first-order valence-corrected chi connectivity index (χ1v) is 3.11. The summed E-state index contributed by atoms with van der Waals surface area (Å²) in [7, 11) is 0. The van der Waals surface area contributed by atoms with Crippen LogP contribution >= 0.6 is 0 Å². The number of aliphatic carboxylic acids is 3. The van der Waals surface area contributed by atoms with Gasteiger partial charge in [-0.05, 0) is 0 Å². The first-order chi connectivity index (χ1) is 5.78. The van der Waals surface area contributed by atoms with Crippen molar-refractivity contribution in [2.75, 3.05) is 0 Å². The molecule has 0 unspecified atom stereocenters. The maximum Gasteiger partial charge on any atom is 1.00 e. The van der Waals surface area contributed by atoms with Crippen LogP contribution in [0.1, 0.15) is 12.8 Å². The van der Waals surface area contributed by atoms with E-state index in [4.69, 9.17) is 5.11 Å². The summed E-state index contributed by atoms with van der Waals surface area (Å²) in [6, 6.07) is 0. The minimum Gasteiger partial charge on any atom is -1.00 e. The molecule has 0 aromatic carbocycles. The summed E-state index contributed by atoms with van der Waals surface area (Å²) in [6.45, 7) is 0. The summed E-state index contributed by atoms with van der Waals surface area (Å²) in [5.74, 6) is -5.98. The number of carboxylic acids is 3. The van der Waals surface area contributed by atoms with Gasteiger partial charge in [-0.2, -0.15) is 0 Å². The van der Waals surface area contributed by atoms with Crippen LogP contribution in [-0.2, 0) is 14.4 Å². The van der Waals surface area contributed by atoms with Crippen molar-refractivity contribution in [1.29, 1.82) is 0 Å². The van der Waals surface area contributed by atoms with Crippen molar-refractivity contribution in [3.63, 3.8) is 0 Å². The van der Waals surface area contributed by atoms with Crippen LogP contribution in [-0.4, -0.2) is 39.6 Å². The third kappa shape index (κ3) is 22.5. The molecule has 0 radical (unpaired) electrons. The third-order valence-corrected chi connectivity index (χ3v) is 1.25. The second-order valence-corrected chi connectivity index (χ2v) is 2.42. The van der Waals surface area contributed by atoms with Crippen molar-refractivity contribution in [2.24, 2.45) is 0 Å². The molecule has 0 bridgehead atoms. The molecule has 0 aromatic rings. The first-order valence-electron chi connectivity index (χ1n) is 3.11. The van der Waals surface area contributed by atoms with Crippen molar-refractivity contribution in [2.45, 2.75) is 18.4 Å². The van der Waals surface area contributed by atoms with Gasteiger partial charge in [0.05, 0.1) is 5.97 Å². The molecule has 0 spiro atoms. The fourth-order valence-electron chi connectivity index (χ4n) is 0.684. The number of carboxylic acid groups (broad SMARTS) is 3. The van der Waals surface area contributed by atoms with Crippen molar-refractivity contribution in [3.05, 3.63) is 0 Å². The van der Waals surface area contributed by atoms with E-state index < -0.39 is 36.4 Å². The van der Waals surface area contributed by atoms with E-state index in [1.54, 1.807) is 0 Å². The Bertz CT molecular complexity index is 249. The monoisotopic (exact) mass is 336 g/mol. The number of carbonyl (C=O) groups is 3. The molecule has 0 aliphatic carbocycles. The quantitative estimate of drug-likeness (QED) is 0.479. The van der Waals surface area contributed by atoms with Crippen LogP contribution in [0, 0.1) is 0 Å². The Morgan fingerprint density at radius 2 is 1.00 bits per heavy atom. The Hall–Kier alpha value is 2.22. The van der Waals surface area contributed by atoms with E-state index in [0.717, 1.165) is 0 Å². The second-order valence-electron chi connectivity index (χ2n) is 2.42. The van der Waals surface area contributed by atoms with Gasteiger partial charge in [-0.1, -0.05) is 0 Å². The molecule has 98 valence electrons. The summed E-state index contributed by atoms with van der Waals surface area (Å²) in [6.07, 6.45) is -2.72. The van der Waals surface area contributed by atoms with E-state index in [1.807, 2.05) is 0 Å². The Kier molecular flexibility index (Phi) is 58.1. The number of halogens is 1. The van der Waals surface area contributed by atoms with Gasteiger partial charge in [0, 0.05) is 24.8 Å². The van der Waals surface area contributed by atoms with E-state index in [-0.39, 0.29) is 134 Å². The fraction of sp³-hybridized carbons (Fsp3) is 0.500. The summed E-state index contributed by atoms with van der Waals surface area (Å²) < 4.78 is 0. The van der Waals surface area contributed by atoms with Crippen molar-refractivity contribution < 1.29 is 169 Å². The predicted molar refractivity (Wildman–Crippen MR) is 36.4 cm³/mol. The molecule has 0 amide bonds. The summed E-state index contributed by atoms with van der Waals surface area (Å²) in [4.78, 5) is 30.0. The molecule has 0 atom stereocenters. The molecule has 14 heteroatoms. The van der Waals surface area contributed by atoms with Crippen LogP contribution in [0.3, 0.4) is 0 Å². The third-order valence-electron chi connectivity index (χ3n) is 1.25. The number of carbonyl (C=O) groups excluding carboxylic acids is 3. The largest absolute Gasteiger partial charge is 1.00 e. The topological polar surface area (TPSA) is 204 Å². The average molecular weight is 336 g/mol. The van der Waals surface area contributed by atoms with Gasteiger partial charge >= 0.3 is 118 Å². The van der Waals surface area contributed by atoms with Gasteiger partial charge in [-0.3, -0.25) is 0 Å². The van der Waals surface area contributed by atoms with Gasteiger partial charge in [0.1, 0.15) is 5.60 Å². The molecule has 0 fully saturated rings. The van der Waals surface area contributed by atoms with E-state index in [2.05, 4.69) is 0 Å². The molecule has 0 heterocycles. The maximum atomic E-state index is 10.1. The van der Waals surface area contributed by atoms with Crippen molar-refractivity contribution in [1.82, 2.24) is 0 Å². The molecular weight excluding hydrogens is 327 g/mol. The zero-order valence-corrected chi connectivity index (χ0v) is 19.7. The van der Waals surface area contributed by atoms with Gasteiger partial charge in [0.25, 0.3) is 0 Å². The SMILES string of the molecule is O.O.O=C([O-])CC(O)(CC(=O)[O-])C(=O)[O-].[F-].[Na+].[Na+].[Na+].[Na+]. The van der Waals surface area contributed by atoms with Crippen molar-refractivity contribution >= 4 is 17.9 Å². The Balaban J connectivity index is -0.0000000343. The summed E-state index contributed by atoms with van der Waals surface area (Å²) in [5.41, 5.74) is -2.97. The Morgan fingerprint density at radius 3 is 1.10 bits per heavy atom. The number of hydrogen-bond acceptors (Lipinski definition) is 7. The standard InChI is InChI=1S/C6H8O7.FH.4Na.2H2O/c7-3(8)1-6(13,5(11)12)2-4(9)10;;;;;;;/h13H,1-2H2,(H,7,8)(H,9,10)(H,11,12);1H;;;;;2*1H2/q;;4*+1;;/p-4. The van der Waals surface area contributed by atoms with Crippen LogP contribution in [0.15, 0.2) is 0 Å². The average Bonchev–Trinajstić information content (AvgIpc) is 1.82. The molecule has 0 saturated carbocycles. The zero-order valence-electron chi connectivity index (χ0n) is 11.7. The molecule has 0 aliphatic rings. The fourth-order valence-corrected chi connectivity index (χ4v) is 0.684. The molecule has 9 nitrogen and oxygen atoms in total. The minimum atomic E-state index is -2.97. The number of hydrogen-bond donors (Lipinski definition) is 1. The second kappa shape index (κ2) is 23.5.